The van der Waals surface area contributed by atoms with Gasteiger partial charge in [0.15, 0.2) is 5.82 Å². The van der Waals surface area contributed by atoms with Crippen LogP contribution in [0, 0.1) is 17.0 Å². The highest BCUT2D eigenvalue weighted by molar-refractivity contribution is 5.61. The van der Waals surface area contributed by atoms with E-state index in [4.69, 9.17) is 4.74 Å². The first-order valence-electron chi connectivity index (χ1n) is 9.71. The first kappa shape index (κ1) is 19.7. The van der Waals surface area contributed by atoms with E-state index >= 15 is 0 Å². The number of nitrogens with zero attached hydrogens (tertiary/aromatic N) is 5. The maximum atomic E-state index is 11.1. The maximum Gasteiger partial charge on any atom is 0.270 e. The SMILES string of the molecule is Cc1cc(NCc2cccnc2N2CCOCC2)nc(-c2cccc([N+](=O)[O-])c2)n1. The topological polar surface area (TPSA) is 106 Å². The van der Waals surface area contributed by atoms with Gasteiger partial charge in [-0.3, -0.25) is 10.1 Å². The van der Waals surface area contributed by atoms with Crippen LogP contribution < -0.4 is 10.2 Å². The molecule has 1 N–H and O–H groups in total. The molecule has 0 amide bonds. The van der Waals surface area contributed by atoms with Crippen molar-refractivity contribution in [3.8, 4) is 11.4 Å². The molecule has 1 aliphatic heterocycles. The number of morpholine rings is 1. The van der Waals surface area contributed by atoms with E-state index in [-0.39, 0.29) is 5.69 Å². The van der Waals surface area contributed by atoms with Crippen molar-refractivity contribution >= 4 is 17.3 Å². The normalized spacial score (nSPS) is 13.8. The molecule has 0 saturated carbocycles. The summed E-state index contributed by atoms with van der Waals surface area (Å²) in [4.78, 5) is 26.4. The molecule has 9 heteroatoms. The van der Waals surface area contributed by atoms with Crippen molar-refractivity contribution in [3.05, 3.63) is 70.0 Å². The molecule has 0 aliphatic carbocycles. The third-order valence-electron chi connectivity index (χ3n) is 4.81. The van der Waals surface area contributed by atoms with Gasteiger partial charge in [-0.05, 0) is 13.0 Å². The summed E-state index contributed by atoms with van der Waals surface area (Å²) in [6, 6.07) is 12.1. The van der Waals surface area contributed by atoms with Gasteiger partial charge in [0, 0.05) is 60.9 Å². The second-order valence-corrected chi connectivity index (χ2v) is 6.96. The molecule has 2 aromatic heterocycles. The summed E-state index contributed by atoms with van der Waals surface area (Å²) in [5.74, 6) is 2.04. The molecule has 1 aliphatic rings. The number of nitrogens with one attached hydrogen (secondary N) is 1. The Morgan fingerprint density at radius 1 is 1.17 bits per heavy atom. The molecule has 1 aromatic carbocycles. The Bertz CT molecular complexity index is 1050. The number of anilines is 2. The third kappa shape index (κ3) is 4.52. The van der Waals surface area contributed by atoms with Gasteiger partial charge < -0.3 is 15.0 Å². The number of pyridine rings is 1. The lowest BCUT2D eigenvalue weighted by molar-refractivity contribution is -0.384. The molecule has 0 spiro atoms. The Morgan fingerprint density at radius 2 is 2.00 bits per heavy atom. The molecule has 3 aromatic rings. The summed E-state index contributed by atoms with van der Waals surface area (Å²) in [6.07, 6.45) is 1.80. The average Bonchev–Trinajstić information content (AvgIpc) is 2.78. The number of benzene rings is 1. The van der Waals surface area contributed by atoms with E-state index in [1.165, 1.54) is 12.1 Å². The number of aryl methyl sites for hydroxylation is 1. The average molecular weight is 406 g/mol. The molecule has 1 fully saturated rings. The number of non-ortho nitro benzene ring substituents is 1. The van der Waals surface area contributed by atoms with Crippen molar-refractivity contribution in [3.63, 3.8) is 0 Å². The number of rotatable bonds is 6. The Morgan fingerprint density at radius 3 is 2.80 bits per heavy atom. The molecule has 9 nitrogen and oxygen atoms in total. The van der Waals surface area contributed by atoms with E-state index in [9.17, 15) is 10.1 Å². The monoisotopic (exact) mass is 406 g/mol. The molecule has 0 bridgehead atoms. The number of hydrogen-bond acceptors (Lipinski definition) is 8. The van der Waals surface area contributed by atoms with Crippen LogP contribution in [0.3, 0.4) is 0 Å². The highest BCUT2D eigenvalue weighted by Crippen LogP contribution is 2.24. The lowest BCUT2D eigenvalue weighted by Crippen LogP contribution is -2.37. The summed E-state index contributed by atoms with van der Waals surface area (Å²) in [5, 5.41) is 14.4. The first-order chi connectivity index (χ1) is 14.6. The van der Waals surface area contributed by atoms with Crippen LogP contribution in [0.25, 0.3) is 11.4 Å². The summed E-state index contributed by atoms with van der Waals surface area (Å²) in [5.41, 5.74) is 2.45. The second kappa shape index (κ2) is 8.83. The van der Waals surface area contributed by atoms with Crippen LogP contribution in [0.5, 0.6) is 0 Å². The van der Waals surface area contributed by atoms with E-state index in [0.29, 0.717) is 37.0 Å². The first-order valence-corrected chi connectivity index (χ1v) is 9.71. The van der Waals surface area contributed by atoms with E-state index in [0.717, 1.165) is 30.2 Å². The minimum absolute atomic E-state index is 0.0117. The molecule has 0 atom stereocenters. The summed E-state index contributed by atoms with van der Waals surface area (Å²) >= 11 is 0. The Balaban J connectivity index is 1.55. The molecule has 1 saturated heterocycles. The van der Waals surface area contributed by atoms with Crippen LogP contribution in [-0.4, -0.2) is 46.2 Å². The highest BCUT2D eigenvalue weighted by Gasteiger charge is 2.16. The van der Waals surface area contributed by atoms with Crippen molar-refractivity contribution in [1.29, 1.82) is 0 Å². The summed E-state index contributed by atoms with van der Waals surface area (Å²) in [7, 11) is 0. The molecule has 30 heavy (non-hydrogen) atoms. The standard InChI is InChI=1S/C21H22N6O3/c1-15-12-19(25-20(24-15)16-4-2-6-18(13-16)27(28)29)23-14-17-5-3-7-22-21(17)26-8-10-30-11-9-26/h2-7,12-13H,8-11,14H2,1H3,(H,23,24,25). The minimum Gasteiger partial charge on any atom is -0.378 e. The fraction of sp³-hybridized carbons (Fsp3) is 0.286. The van der Waals surface area contributed by atoms with Gasteiger partial charge in [-0.25, -0.2) is 15.0 Å². The zero-order chi connectivity index (χ0) is 20.9. The minimum atomic E-state index is -0.423. The molecule has 154 valence electrons. The van der Waals surface area contributed by atoms with Crippen LogP contribution in [0.15, 0.2) is 48.7 Å². The van der Waals surface area contributed by atoms with Crippen LogP contribution >= 0.6 is 0 Å². The number of aromatic nitrogens is 3. The van der Waals surface area contributed by atoms with Gasteiger partial charge in [-0.15, -0.1) is 0 Å². The Hall–Kier alpha value is -3.59. The zero-order valence-electron chi connectivity index (χ0n) is 16.6. The summed E-state index contributed by atoms with van der Waals surface area (Å²) < 4.78 is 5.44. The van der Waals surface area contributed by atoms with Crippen LogP contribution in [0.1, 0.15) is 11.3 Å². The van der Waals surface area contributed by atoms with Crippen LogP contribution in [-0.2, 0) is 11.3 Å². The van der Waals surface area contributed by atoms with Gasteiger partial charge in [-0.1, -0.05) is 18.2 Å². The van der Waals surface area contributed by atoms with Gasteiger partial charge in [0.25, 0.3) is 5.69 Å². The van der Waals surface area contributed by atoms with Crippen molar-refractivity contribution in [2.45, 2.75) is 13.5 Å². The predicted molar refractivity (Wildman–Crippen MR) is 113 cm³/mol. The van der Waals surface area contributed by atoms with Crippen molar-refractivity contribution in [2.24, 2.45) is 0 Å². The van der Waals surface area contributed by atoms with Gasteiger partial charge in [0.1, 0.15) is 11.6 Å². The van der Waals surface area contributed by atoms with Gasteiger partial charge >= 0.3 is 0 Å². The van der Waals surface area contributed by atoms with E-state index < -0.39 is 4.92 Å². The largest absolute Gasteiger partial charge is 0.378 e. The third-order valence-corrected chi connectivity index (χ3v) is 4.81. The Kier molecular flexibility index (Phi) is 5.80. The molecule has 0 unspecified atom stereocenters. The fourth-order valence-corrected chi connectivity index (χ4v) is 3.36. The van der Waals surface area contributed by atoms with Gasteiger partial charge in [-0.2, -0.15) is 0 Å². The van der Waals surface area contributed by atoms with E-state index in [1.807, 2.05) is 25.1 Å². The van der Waals surface area contributed by atoms with Gasteiger partial charge in [0.05, 0.1) is 18.1 Å². The number of ether oxygens (including phenoxy) is 1. The second-order valence-electron chi connectivity index (χ2n) is 6.96. The Labute approximate surface area is 173 Å². The fourth-order valence-electron chi connectivity index (χ4n) is 3.36. The number of nitro benzene ring substituents is 1. The molecular formula is C21H22N6O3. The quantitative estimate of drug-likeness (QED) is 0.491. The lowest BCUT2D eigenvalue weighted by atomic mass is 10.2. The predicted octanol–water partition coefficient (Wildman–Crippen LogP) is 3.20. The van der Waals surface area contributed by atoms with Gasteiger partial charge in [0.2, 0.25) is 0 Å². The molecule has 4 rings (SSSR count). The van der Waals surface area contributed by atoms with Crippen molar-refractivity contribution in [2.75, 3.05) is 36.5 Å². The van der Waals surface area contributed by atoms with E-state index in [2.05, 4.69) is 25.2 Å². The molecule has 0 radical (unpaired) electrons. The maximum absolute atomic E-state index is 11.1. The van der Waals surface area contributed by atoms with Crippen molar-refractivity contribution < 1.29 is 9.66 Å². The van der Waals surface area contributed by atoms with Crippen LogP contribution in [0.2, 0.25) is 0 Å². The van der Waals surface area contributed by atoms with Crippen molar-refractivity contribution in [1.82, 2.24) is 15.0 Å². The number of hydrogen-bond donors (Lipinski definition) is 1. The van der Waals surface area contributed by atoms with Crippen LogP contribution in [0.4, 0.5) is 17.3 Å². The molecular weight excluding hydrogens is 384 g/mol. The highest BCUT2D eigenvalue weighted by atomic mass is 16.6. The molecule has 3 heterocycles. The lowest BCUT2D eigenvalue weighted by Gasteiger charge is -2.29. The smallest absolute Gasteiger partial charge is 0.270 e. The zero-order valence-corrected chi connectivity index (χ0v) is 16.6. The van der Waals surface area contributed by atoms with E-state index in [1.54, 1.807) is 18.3 Å². The summed E-state index contributed by atoms with van der Waals surface area (Å²) in [6.45, 7) is 5.44. The number of nitro groups is 1.